The molecule has 9 nitrogen and oxygen atoms in total. The highest BCUT2D eigenvalue weighted by molar-refractivity contribution is 7.47. The first-order valence-electron chi connectivity index (χ1n) is 39.3. The Hall–Kier alpha value is -2.29. The van der Waals surface area contributed by atoms with Gasteiger partial charge in [0, 0.05) is 19.4 Å². The van der Waals surface area contributed by atoms with Gasteiger partial charge in [-0.3, -0.25) is 18.6 Å². The lowest BCUT2D eigenvalue weighted by atomic mass is 10.0. The lowest BCUT2D eigenvalue weighted by Crippen LogP contribution is -2.29. The van der Waals surface area contributed by atoms with Gasteiger partial charge < -0.3 is 20.1 Å². The zero-order valence-electron chi connectivity index (χ0n) is 59.6. The van der Waals surface area contributed by atoms with Crippen LogP contribution in [-0.4, -0.2) is 49.3 Å². The molecule has 90 heavy (non-hydrogen) atoms. The minimum absolute atomic E-state index is 0.0562. The predicted molar refractivity (Wildman–Crippen MR) is 390 cm³/mol. The van der Waals surface area contributed by atoms with Crippen LogP contribution < -0.4 is 5.73 Å². The van der Waals surface area contributed by atoms with Crippen LogP contribution in [0.25, 0.3) is 0 Å². The van der Waals surface area contributed by atoms with Gasteiger partial charge in [0.2, 0.25) is 0 Å². The van der Waals surface area contributed by atoms with E-state index in [9.17, 15) is 19.0 Å². The SMILES string of the molecule is CC/C=C\C/C=C\C/C=C\C/C=C\C/C=C\CCCCCCCCCCCCCCCCCCCCCCCCCCCC(=O)OC(COC(=O)CCCCCCCCCCCCCCCCCCCCCCCCCCCCCC)COP(=O)(O)OCCN. The van der Waals surface area contributed by atoms with Gasteiger partial charge in [-0.25, -0.2) is 4.57 Å². The summed E-state index contributed by atoms with van der Waals surface area (Å²) < 4.78 is 33.3. The Balaban J connectivity index is 3.75. The molecule has 2 unspecified atom stereocenters. The maximum atomic E-state index is 12.8. The summed E-state index contributed by atoms with van der Waals surface area (Å²) in [6.45, 7) is 3.71. The third-order valence-corrected chi connectivity index (χ3v) is 18.7. The third kappa shape index (κ3) is 74.7. The highest BCUT2D eigenvalue weighted by atomic mass is 31.2. The van der Waals surface area contributed by atoms with Crippen LogP contribution in [0.2, 0.25) is 0 Å². The van der Waals surface area contributed by atoms with Crippen LogP contribution in [-0.2, 0) is 32.7 Å². The Morgan fingerprint density at radius 1 is 0.344 bits per heavy atom. The topological polar surface area (TPSA) is 134 Å². The molecule has 0 saturated carbocycles. The summed E-state index contributed by atoms with van der Waals surface area (Å²) in [7, 11) is -4.39. The number of carbonyl (C=O) groups excluding carboxylic acids is 2. The lowest BCUT2D eigenvalue weighted by molar-refractivity contribution is -0.161. The smallest absolute Gasteiger partial charge is 0.462 e. The largest absolute Gasteiger partial charge is 0.472 e. The van der Waals surface area contributed by atoms with Crippen molar-refractivity contribution in [2.75, 3.05) is 26.4 Å². The fraction of sp³-hybridized carbons (Fsp3) is 0.850. The number of rotatable bonds is 75. The molecular formula is C80H150NO8P. The highest BCUT2D eigenvalue weighted by Gasteiger charge is 2.26. The van der Waals surface area contributed by atoms with Gasteiger partial charge in [0.15, 0.2) is 6.10 Å². The van der Waals surface area contributed by atoms with Gasteiger partial charge in [0.25, 0.3) is 0 Å². The molecule has 0 aromatic heterocycles. The van der Waals surface area contributed by atoms with E-state index < -0.39 is 26.5 Å². The maximum absolute atomic E-state index is 12.8. The van der Waals surface area contributed by atoms with E-state index in [1.807, 2.05) is 0 Å². The molecule has 0 aliphatic rings. The number of ether oxygens (including phenoxy) is 2. The van der Waals surface area contributed by atoms with Crippen molar-refractivity contribution in [3.63, 3.8) is 0 Å². The summed E-state index contributed by atoms with van der Waals surface area (Å²) in [6.07, 6.45) is 99.3. The number of carbonyl (C=O) groups is 2. The summed E-state index contributed by atoms with van der Waals surface area (Å²) in [5, 5.41) is 0. The van der Waals surface area contributed by atoms with Crippen LogP contribution in [0.3, 0.4) is 0 Å². The van der Waals surface area contributed by atoms with Crippen molar-refractivity contribution in [1.82, 2.24) is 0 Å². The van der Waals surface area contributed by atoms with Crippen LogP contribution in [0.4, 0.5) is 0 Å². The van der Waals surface area contributed by atoms with E-state index >= 15 is 0 Å². The van der Waals surface area contributed by atoms with Gasteiger partial charge in [-0.05, 0) is 57.8 Å². The van der Waals surface area contributed by atoms with E-state index in [0.29, 0.717) is 6.42 Å². The number of unbranched alkanes of at least 4 members (excludes halogenated alkanes) is 52. The standard InChI is InChI=1S/C80H150NO8P/c1-3-5-7-9-11-13-15-17-19-21-23-25-27-29-31-33-34-35-36-37-38-39-40-41-42-43-44-45-47-49-51-53-55-57-59-61-63-65-67-69-71-73-80(83)89-78(77-88-90(84,85)87-75-74-81)76-86-79(82)72-70-68-66-64-62-60-58-56-54-52-50-48-46-32-30-28-26-24-22-20-18-16-14-12-10-8-6-4-2/h5,7,11,13,17,19,23,25,29,31,78H,3-4,6,8-10,12,14-16,18,20-22,24,26-28,30,32-77,81H2,1-2H3,(H,84,85)/b7-5-,13-11-,19-17-,25-23-,31-29-. The minimum Gasteiger partial charge on any atom is -0.462 e. The number of nitrogens with two attached hydrogens (primary N) is 1. The molecular weight excluding hydrogens is 1130 g/mol. The van der Waals surface area contributed by atoms with Crippen molar-refractivity contribution in [2.24, 2.45) is 5.73 Å². The molecule has 528 valence electrons. The molecule has 0 aromatic rings. The molecule has 2 atom stereocenters. The number of phosphoric acid groups is 1. The molecule has 0 fully saturated rings. The third-order valence-electron chi connectivity index (χ3n) is 17.7. The number of phosphoric ester groups is 1. The number of esters is 2. The Bertz CT molecular complexity index is 1660. The molecule has 0 aliphatic heterocycles. The first-order chi connectivity index (χ1) is 44.3. The van der Waals surface area contributed by atoms with Crippen molar-refractivity contribution < 1.29 is 37.6 Å². The van der Waals surface area contributed by atoms with Crippen molar-refractivity contribution in [2.45, 2.75) is 412 Å². The molecule has 0 aromatic carbocycles. The molecule has 3 N–H and O–H groups in total. The number of hydrogen-bond donors (Lipinski definition) is 2. The predicted octanol–water partition coefficient (Wildman–Crippen LogP) is 26.2. The second kappa shape index (κ2) is 75.7. The fourth-order valence-electron chi connectivity index (χ4n) is 11.9. The Labute approximate surface area is 559 Å². The first-order valence-corrected chi connectivity index (χ1v) is 40.8. The molecule has 0 radical (unpaired) electrons. The molecule has 0 saturated heterocycles. The summed E-state index contributed by atoms with van der Waals surface area (Å²) in [4.78, 5) is 35.4. The quantitative estimate of drug-likeness (QED) is 0.0264. The van der Waals surface area contributed by atoms with Gasteiger partial charge in [-0.1, -0.05) is 396 Å². The summed E-state index contributed by atoms with van der Waals surface area (Å²) in [6, 6.07) is 0. The summed E-state index contributed by atoms with van der Waals surface area (Å²) in [5.41, 5.74) is 5.41. The van der Waals surface area contributed by atoms with E-state index in [0.717, 1.165) is 64.2 Å². The van der Waals surface area contributed by atoms with Gasteiger partial charge in [0.05, 0.1) is 13.2 Å². The van der Waals surface area contributed by atoms with Crippen LogP contribution in [0.1, 0.15) is 406 Å². The lowest BCUT2D eigenvalue weighted by Gasteiger charge is -2.19. The van der Waals surface area contributed by atoms with Crippen molar-refractivity contribution in [3.8, 4) is 0 Å². The van der Waals surface area contributed by atoms with Gasteiger partial charge >= 0.3 is 19.8 Å². The highest BCUT2D eigenvalue weighted by Crippen LogP contribution is 2.43. The molecule has 0 rings (SSSR count). The second-order valence-electron chi connectivity index (χ2n) is 26.6. The normalized spacial score (nSPS) is 13.2. The molecule has 10 heteroatoms. The molecule has 0 spiro atoms. The van der Waals surface area contributed by atoms with Crippen molar-refractivity contribution in [1.29, 1.82) is 0 Å². The van der Waals surface area contributed by atoms with Gasteiger partial charge in [-0.2, -0.15) is 0 Å². The first kappa shape index (κ1) is 87.7. The Morgan fingerprint density at radius 3 is 0.911 bits per heavy atom. The monoisotopic (exact) mass is 1280 g/mol. The summed E-state index contributed by atoms with van der Waals surface area (Å²) in [5.74, 6) is -0.801. The molecule has 0 amide bonds. The maximum Gasteiger partial charge on any atom is 0.472 e. The molecule has 0 heterocycles. The van der Waals surface area contributed by atoms with Crippen molar-refractivity contribution >= 4 is 19.8 Å². The average molecular weight is 1290 g/mol. The second-order valence-corrected chi connectivity index (χ2v) is 28.0. The van der Waals surface area contributed by atoms with Gasteiger partial charge in [0.1, 0.15) is 6.61 Å². The average Bonchev–Trinajstić information content (AvgIpc) is 3.68. The Kier molecular flexibility index (Phi) is 73.8. The zero-order chi connectivity index (χ0) is 65.1. The Morgan fingerprint density at radius 2 is 0.611 bits per heavy atom. The fourth-order valence-corrected chi connectivity index (χ4v) is 12.7. The number of hydrogen-bond acceptors (Lipinski definition) is 8. The summed E-state index contributed by atoms with van der Waals surface area (Å²) >= 11 is 0. The van der Waals surface area contributed by atoms with Crippen LogP contribution in [0, 0.1) is 0 Å². The van der Waals surface area contributed by atoms with Gasteiger partial charge in [-0.15, -0.1) is 0 Å². The van der Waals surface area contributed by atoms with Crippen LogP contribution >= 0.6 is 7.82 Å². The van der Waals surface area contributed by atoms with E-state index in [1.165, 1.54) is 308 Å². The van der Waals surface area contributed by atoms with E-state index in [4.69, 9.17) is 24.3 Å². The van der Waals surface area contributed by atoms with Crippen LogP contribution in [0.5, 0.6) is 0 Å². The number of allylic oxidation sites excluding steroid dienone is 10. The molecule has 0 aliphatic carbocycles. The van der Waals surface area contributed by atoms with Crippen molar-refractivity contribution in [3.05, 3.63) is 60.8 Å². The van der Waals surface area contributed by atoms with E-state index in [1.54, 1.807) is 0 Å². The van der Waals surface area contributed by atoms with E-state index in [-0.39, 0.29) is 38.6 Å². The van der Waals surface area contributed by atoms with Crippen LogP contribution in [0.15, 0.2) is 60.8 Å². The minimum atomic E-state index is -4.39. The zero-order valence-corrected chi connectivity index (χ0v) is 60.5. The molecule has 0 bridgehead atoms. The van der Waals surface area contributed by atoms with E-state index in [2.05, 4.69) is 74.6 Å².